The van der Waals surface area contributed by atoms with Gasteiger partial charge in [-0.15, -0.1) is 0 Å². The lowest BCUT2D eigenvalue weighted by Gasteiger charge is -2.40. The molecule has 1 aliphatic heterocycles. The number of aliphatic hydroxyl groups excluding tert-OH is 2. The molecular formula is C69H122O12. The number of hydrogen-bond acceptors (Lipinski definition) is 11. The molecule has 0 aromatic heterocycles. The lowest BCUT2D eigenvalue weighted by Crippen LogP contribution is -2.61. The smallest absolute Gasteiger partial charge is 0.335 e. The van der Waals surface area contributed by atoms with Crippen LogP contribution >= 0.6 is 0 Å². The van der Waals surface area contributed by atoms with Crippen LogP contribution < -0.4 is 0 Å². The predicted octanol–water partition coefficient (Wildman–Crippen LogP) is 18.1. The molecule has 0 amide bonds. The van der Waals surface area contributed by atoms with Gasteiger partial charge in [-0.1, -0.05) is 268 Å². The summed E-state index contributed by atoms with van der Waals surface area (Å²) in [7, 11) is 0. The van der Waals surface area contributed by atoms with Gasteiger partial charge in [0.1, 0.15) is 18.8 Å². The van der Waals surface area contributed by atoms with Gasteiger partial charge in [-0.2, -0.15) is 0 Å². The van der Waals surface area contributed by atoms with E-state index in [9.17, 15) is 34.5 Å². The summed E-state index contributed by atoms with van der Waals surface area (Å²) in [5.41, 5.74) is 0. The molecule has 6 unspecified atom stereocenters. The van der Waals surface area contributed by atoms with Crippen molar-refractivity contribution in [3.63, 3.8) is 0 Å². The number of esters is 3. The Balaban J connectivity index is 2.61. The van der Waals surface area contributed by atoms with Gasteiger partial charge in [0.05, 0.1) is 6.61 Å². The fraction of sp³-hybridized carbons (Fsp3) is 0.826. The van der Waals surface area contributed by atoms with Crippen LogP contribution in [0.5, 0.6) is 0 Å². The molecule has 81 heavy (non-hydrogen) atoms. The molecule has 1 aliphatic rings. The number of rotatable bonds is 58. The minimum absolute atomic E-state index is 0.0568. The maximum Gasteiger partial charge on any atom is 0.335 e. The minimum atomic E-state index is -1.91. The van der Waals surface area contributed by atoms with Crippen molar-refractivity contribution in [3.8, 4) is 0 Å². The molecule has 0 aliphatic carbocycles. The van der Waals surface area contributed by atoms with Gasteiger partial charge < -0.3 is 39.0 Å². The zero-order valence-electron chi connectivity index (χ0n) is 52.0. The number of carboxylic acids is 1. The number of unbranched alkanes of at least 4 members (excludes halogenated alkanes) is 36. The van der Waals surface area contributed by atoms with E-state index in [0.717, 1.165) is 89.9 Å². The highest BCUT2D eigenvalue weighted by atomic mass is 16.7. The molecule has 0 bridgehead atoms. The molecular weight excluding hydrogens is 1020 g/mol. The summed E-state index contributed by atoms with van der Waals surface area (Å²) in [4.78, 5) is 51.3. The van der Waals surface area contributed by atoms with Crippen LogP contribution in [-0.4, -0.2) is 89.2 Å². The molecule has 6 atom stereocenters. The van der Waals surface area contributed by atoms with Gasteiger partial charge in [-0.25, -0.2) is 4.79 Å². The Morgan fingerprint density at radius 1 is 0.420 bits per heavy atom. The third-order valence-corrected chi connectivity index (χ3v) is 15.4. The van der Waals surface area contributed by atoms with E-state index >= 15 is 0 Å². The highest BCUT2D eigenvalue weighted by molar-refractivity contribution is 5.74. The van der Waals surface area contributed by atoms with Gasteiger partial charge in [-0.3, -0.25) is 14.4 Å². The SMILES string of the molecule is CC/C=C\C/C=C\C/C=C\CCCCCC(=O)OC(COC(=O)CCCCCCCCCCCCCCCCCCCCC)COC1OC(C(=O)O)C(O)C(O)C1OC(=O)CCCCCCCCCCC/C=C\CCCCCCCC. The fourth-order valence-corrected chi connectivity index (χ4v) is 10.3. The predicted molar refractivity (Wildman–Crippen MR) is 331 cm³/mol. The third kappa shape index (κ3) is 46.7. The van der Waals surface area contributed by atoms with Gasteiger partial charge in [0, 0.05) is 19.3 Å². The van der Waals surface area contributed by atoms with Crippen LogP contribution in [0, 0.1) is 0 Å². The third-order valence-electron chi connectivity index (χ3n) is 15.4. The molecule has 1 saturated heterocycles. The van der Waals surface area contributed by atoms with E-state index < -0.39 is 67.3 Å². The van der Waals surface area contributed by atoms with Crippen molar-refractivity contribution in [2.75, 3.05) is 13.2 Å². The van der Waals surface area contributed by atoms with Crippen LogP contribution in [0.15, 0.2) is 48.6 Å². The first-order chi connectivity index (χ1) is 39.6. The minimum Gasteiger partial charge on any atom is -0.479 e. The number of ether oxygens (including phenoxy) is 5. The lowest BCUT2D eigenvalue weighted by molar-refractivity contribution is -0.301. The Labute approximate surface area is 494 Å². The van der Waals surface area contributed by atoms with Crippen LogP contribution in [0.3, 0.4) is 0 Å². The Kier molecular flexibility index (Phi) is 53.4. The van der Waals surface area contributed by atoms with Gasteiger partial charge in [0.15, 0.2) is 24.6 Å². The first kappa shape index (κ1) is 75.7. The molecule has 1 fully saturated rings. The van der Waals surface area contributed by atoms with E-state index in [4.69, 9.17) is 23.7 Å². The summed E-state index contributed by atoms with van der Waals surface area (Å²) < 4.78 is 28.5. The topological polar surface area (TPSA) is 175 Å². The zero-order valence-corrected chi connectivity index (χ0v) is 52.0. The molecule has 0 aromatic rings. The molecule has 12 heteroatoms. The summed E-state index contributed by atoms with van der Waals surface area (Å²) >= 11 is 0. The largest absolute Gasteiger partial charge is 0.479 e. The number of carbonyl (C=O) groups excluding carboxylic acids is 3. The molecule has 0 spiro atoms. The average Bonchev–Trinajstić information content (AvgIpc) is 3.54. The molecule has 12 nitrogen and oxygen atoms in total. The second kappa shape index (κ2) is 57.1. The van der Waals surface area contributed by atoms with E-state index in [0.29, 0.717) is 19.3 Å². The summed E-state index contributed by atoms with van der Waals surface area (Å²) in [5, 5.41) is 31.6. The van der Waals surface area contributed by atoms with E-state index in [1.54, 1.807) is 0 Å². The van der Waals surface area contributed by atoms with Crippen LogP contribution in [0.1, 0.15) is 316 Å². The van der Waals surface area contributed by atoms with Gasteiger partial charge in [0.2, 0.25) is 0 Å². The van der Waals surface area contributed by atoms with Gasteiger partial charge >= 0.3 is 23.9 Å². The maximum absolute atomic E-state index is 13.2. The molecule has 0 aromatic carbocycles. The quantitative estimate of drug-likeness (QED) is 0.0228. The van der Waals surface area contributed by atoms with Crippen molar-refractivity contribution < 1.29 is 58.2 Å². The first-order valence-corrected chi connectivity index (χ1v) is 33.6. The number of allylic oxidation sites excluding steroid dienone is 8. The van der Waals surface area contributed by atoms with Crippen molar-refractivity contribution in [2.45, 2.75) is 353 Å². The highest BCUT2D eigenvalue weighted by Gasteiger charge is 2.50. The van der Waals surface area contributed by atoms with Crippen molar-refractivity contribution >= 4 is 23.9 Å². The number of aliphatic carboxylic acids is 1. The number of aliphatic hydroxyl groups is 2. The molecule has 1 rings (SSSR count). The molecule has 3 N–H and O–H groups in total. The molecule has 0 radical (unpaired) electrons. The zero-order chi connectivity index (χ0) is 58.9. The van der Waals surface area contributed by atoms with E-state index in [1.165, 1.54) is 167 Å². The molecule has 470 valence electrons. The van der Waals surface area contributed by atoms with Crippen molar-refractivity contribution in [1.29, 1.82) is 0 Å². The Morgan fingerprint density at radius 2 is 0.778 bits per heavy atom. The summed E-state index contributed by atoms with van der Waals surface area (Å²) in [6.07, 6.45) is 57.9. The monoisotopic (exact) mass is 1140 g/mol. The molecule has 1 heterocycles. The van der Waals surface area contributed by atoms with Crippen molar-refractivity contribution in [3.05, 3.63) is 48.6 Å². The fourth-order valence-electron chi connectivity index (χ4n) is 10.3. The Hall–Kier alpha value is -3.32. The summed E-state index contributed by atoms with van der Waals surface area (Å²) in [6, 6.07) is 0. The standard InChI is InChI=1S/C69H122O12/c1-4-7-10-13-16-19-22-25-27-29-31-33-35-38-40-43-46-49-52-55-61(70)77-58-60(79-62(71)56-53-50-47-44-41-37-24-21-18-15-12-9-6-3)59-78-69-67(65(74)64(73)66(81-69)68(75)76)80-63(72)57-54-51-48-45-42-39-36-34-32-30-28-26-23-20-17-14-11-8-5-2/h9,12,18,21,26,28,37,41,60,64-67,69,73-74H,4-8,10-11,13-17,19-20,22-25,27,29-36,38-40,42-59H2,1-3H3,(H,75,76)/b12-9-,21-18-,28-26-,41-37-. The van der Waals surface area contributed by atoms with Crippen molar-refractivity contribution in [2.24, 2.45) is 0 Å². The Morgan fingerprint density at radius 3 is 1.21 bits per heavy atom. The van der Waals surface area contributed by atoms with Crippen LogP contribution in [0.4, 0.5) is 0 Å². The number of hydrogen-bond donors (Lipinski definition) is 3. The summed E-state index contributed by atoms with van der Waals surface area (Å²) in [6.45, 7) is 5.90. The Bertz CT molecular complexity index is 1590. The van der Waals surface area contributed by atoms with Crippen LogP contribution in [0.25, 0.3) is 0 Å². The average molecular weight is 1140 g/mol. The van der Waals surface area contributed by atoms with E-state index in [2.05, 4.69) is 69.4 Å². The second-order valence-electron chi connectivity index (χ2n) is 23.1. The number of carbonyl (C=O) groups is 4. The summed E-state index contributed by atoms with van der Waals surface area (Å²) in [5.74, 6) is -3.13. The normalized spacial score (nSPS) is 18.0. The van der Waals surface area contributed by atoms with E-state index in [-0.39, 0.29) is 25.9 Å². The van der Waals surface area contributed by atoms with E-state index in [1.807, 2.05) is 0 Å². The lowest BCUT2D eigenvalue weighted by atomic mass is 9.98. The maximum atomic E-state index is 13.2. The number of carboxylic acid groups (broad SMARTS) is 1. The van der Waals surface area contributed by atoms with Gasteiger partial charge in [0.25, 0.3) is 0 Å². The second-order valence-corrected chi connectivity index (χ2v) is 23.1. The van der Waals surface area contributed by atoms with Crippen LogP contribution in [-0.2, 0) is 42.9 Å². The highest BCUT2D eigenvalue weighted by Crippen LogP contribution is 2.27. The van der Waals surface area contributed by atoms with Crippen molar-refractivity contribution in [1.82, 2.24) is 0 Å². The van der Waals surface area contributed by atoms with Crippen LogP contribution in [0.2, 0.25) is 0 Å². The first-order valence-electron chi connectivity index (χ1n) is 33.6. The molecule has 0 saturated carbocycles. The van der Waals surface area contributed by atoms with Gasteiger partial charge in [-0.05, 0) is 77.0 Å².